The van der Waals surface area contributed by atoms with Crippen LogP contribution in [0.4, 0.5) is 0 Å². The smallest absolute Gasteiger partial charge is 0.192 e. The third-order valence-corrected chi connectivity index (χ3v) is 19.6. The Kier molecular flexibility index (Phi) is 7.33. The first-order valence-electron chi connectivity index (χ1n) is 16.7. The van der Waals surface area contributed by atoms with Gasteiger partial charge < -0.3 is 9.22 Å². The Balaban J connectivity index is 1.49. The minimum atomic E-state index is -1.63. The van der Waals surface area contributed by atoms with Gasteiger partial charge in [0, 0.05) is 5.41 Å². The third-order valence-electron chi connectivity index (χ3n) is 14.9. The van der Waals surface area contributed by atoms with Crippen LogP contribution in [0.5, 0.6) is 0 Å². The van der Waals surface area contributed by atoms with E-state index >= 15 is 0 Å². The second-order valence-corrected chi connectivity index (χ2v) is 21.0. The third kappa shape index (κ3) is 3.82. The first kappa shape index (κ1) is 29.1. The predicted molar refractivity (Wildman–Crippen MR) is 163 cm³/mol. The van der Waals surface area contributed by atoms with Gasteiger partial charge in [0.15, 0.2) is 8.32 Å². The van der Waals surface area contributed by atoms with Crippen molar-refractivity contribution in [2.24, 2.45) is 50.7 Å². The zero-order chi connectivity index (χ0) is 27.8. The molecule has 0 heterocycles. The molecule has 4 fully saturated rings. The number of carbonyl (C=O) groups is 1. The molecule has 0 bridgehead atoms. The van der Waals surface area contributed by atoms with Crippen LogP contribution in [0, 0.1) is 50.7 Å². The van der Waals surface area contributed by atoms with Crippen LogP contribution in [-0.2, 0) is 9.22 Å². The van der Waals surface area contributed by atoms with Crippen LogP contribution < -0.4 is 0 Å². The number of fused-ring (bicyclic) bond motifs is 7. The molecule has 0 aromatic carbocycles. The summed E-state index contributed by atoms with van der Waals surface area (Å²) in [5.41, 5.74) is 2.81. The number of hydrogen-bond donors (Lipinski definition) is 0. The molecular formula is C35H60O2Si. The van der Waals surface area contributed by atoms with Crippen LogP contribution in [-0.4, -0.2) is 20.7 Å². The highest BCUT2D eigenvalue weighted by atomic mass is 28.4. The van der Waals surface area contributed by atoms with E-state index < -0.39 is 8.32 Å². The number of carbonyl (C=O) groups excluding carboxylic acids is 1. The van der Waals surface area contributed by atoms with E-state index in [9.17, 15) is 4.79 Å². The standard InChI is InChI=1S/C35H60O2Si/c1-10-38(11-2,12-3)37-30-17-18-32(7)28(31(30,5)6)16-19-34(9)29(32)14-13-26-27-23-25(4)15-20-35(27,24-36)22-21-33(26,34)8/h13,24-25,27-30H,10-12,14-23H2,1-9H3/t25-,27-,28?,29?,30?,32-,33-,34+,35+/m0/s1. The molecule has 0 amide bonds. The van der Waals surface area contributed by atoms with Crippen molar-refractivity contribution in [3.05, 3.63) is 11.6 Å². The second kappa shape index (κ2) is 9.57. The monoisotopic (exact) mass is 540 g/mol. The summed E-state index contributed by atoms with van der Waals surface area (Å²) in [4.78, 5) is 12.6. The van der Waals surface area contributed by atoms with Crippen LogP contribution in [0.15, 0.2) is 11.6 Å². The van der Waals surface area contributed by atoms with Crippen LogP contribution >= 0.6 is 0 Å². The quantitative estimate of drug-likeness (QED) is 0.190. The van der Waals surface area contributed by atoms with E-state index in [2.05, 4.69) is 68.4 Å². The van der Waals surface area contributed by atoms with Crippen LogP contribution in [0.1, 0.15) is 127 Å². The van der Waals surface area contributed by atoms with Crippen molar-refractivity contribution in [3.8, 4) is 0 Å². The molecule has 0 aromatic heterocycles. The molecule has 4 saturated carbocycles. The Morgan fingerprint density at radius 2 is 1.58 bits per heavy atom. The summed E-state index contributed by atoms with van der Waals surface area (Å²) < 4.78 is 7.29. The first-order chi connectivity index (χ1) is 17.8. The van der Waals surface area contributed by atoms with Crippen LogP contribution in [0.25, 0.3) is 0 Å². The molecule has 38 heavy (non-hydrogen) atoms. The molecule has 9 atom stereocenters. The largest absolute Gasteiger partial charge is 0.413 e. The van der Waals surface area contributed by atoms with E-state index in [1.807, 2.05) is 0 Å². The van der Waals surface area contributed by atoms with Gasteiger partial charge in [0.25, 0.3) is 0 Å². The summed E-state index contributed by atoms with van der Waals surface area (Å²) in [6.07, 6.45) is 16.9. The van der Waals surface area contributed by atoms with Gasteiger partial charge in [-0.15, -0.1) is 0 Å². The van der Waals surface area contributed by atoms with Gasteiger partial charge in [-0.25, -0.2) is 0 Å². The Morgan fingerprint density at radius 1 is 0.895 bits per heavy atom. The lowest BCUT2D eigenvalue weighted by atomic mass is 9.34. The highest BCUT2D eigenvalue weighted by molar-refractivity contribution is 6.73. The molecule has 5 rings (SSSR count). The first-order valence-corrected chi connectivity index (χ1v) is 19.2. The Morgan fingerprint density at radius 3 is 2.21 bits per heavy atom. The predicted octanol–water partition coefficient (Wildman–Crippen LogP) is 9.99. The van der Waals surface area contributed by atoms with E-state index in [1.54, 1.807) is 5.57 Å². The molecule has 2 nitrogen and oxygen atoms in total. The summed E-state index contributed by atoms with van der Waals surface area (Å²) in [5.74, 6) is 2.70. The average molecular weight is 541 g/mol. The lowest BCUT2D eigenvalue weighted by molar-refractivity contribution is -0.199. The van der Waals surface area contributed by atoms with Gasteiger partial charge in [-0.3, -0.25) is 0 Å². The molecule has 5 aliphatic rings. The van der Waals surface area contributed by atoms with Crippen LogP contribution in [0.3, 0.4) is 0 Å². The number of hydrogen-bond acceptors (Lipinski definition) is 2. The second-order valence-electron chi connectivity index (χ2n) is 16.3. The fourth-order valence-electron chi connectivity index (χ4n) is 11.8. The van der Waals surface area contributed by atoms with E-state index in [-0.39, 0.29) is 16.2 Å². The summed E-state index contributed by atoms with van der Waals surface area (Å²) in [7, 11) is -1.63. The van der Waals surface area contributed by atoms with Crippen LogP contribution in [0.2, 0.25) is 18.1 Å². The van der Waals surface area contributed by atoms with Gasteiger partial charge in [0.05, 0.1) is 6.10 Å². The normalized spacial score (nSPS) is 48.1. The topological polar surface area (TPSA) is 26.3 Å². The van der Waals surface area contributed by atoms with Gasteiger partial charge in [-0.1, -0.05) is 74.0 Å². The number of aldehydes is 1. The van der Waals surface area contributed by atoms with E-state index in [0.29, 0.717) is 22.9 Å². The van der Waals surface area contributed by atoms with E-state index in [4.69, 9.17) is 4.43 Å². The molecule has 3 unspecified atom stereocenters. The van der Waals surface area contributed by atoms with Crippen molar-refractivity contribution < 1.29 is 9.22 Å². The highest BCUT2D eigenvalue weighted by Crippen LogP contribution is 2.75. The Labute approximate surface area is 236 Å². The zero-order valence-corrected chi connectivity index (χ0v) is 27.6. The van der Waals surface area contributed by atoms with Gasteiger partial charge >= 0.3 is 0 Å². The molecule has 0 radical (unpaired) electrons. The fourth-order valence-corrected chi connectivity index (χ4v) is 14.9. The number of rotatable bonds is 6. The van der Waals surface area contributed by atoms with Crippen molar-refractivity contribution in [2.45, 2.75) is 151 Å². The minimum absolute atomic E-state index is 0.0756. The SMILES string of the molecule is CC[Si](CC)(CC)OC1CC[C@@]2(C)C(CC[C@]3(C)C2CC=C2[C@@H]4C[C@@H](C)CC[C@]4(C=O)CC[C@@]23C)C1(C)C. The molecule has 0 aliphatic heterocycles. The summed E-state index contributed by atoms with van der Waals surface area (Å²) >= 11 is 0. The van der Waals surface area contributed by atoms with Gasteiger partial charge in [0.2, 0.25) is 0 Å². The van der Waals surface area contributed by atoms with Crippen molar-refractivity contribution in [2.75, 3.05) is 0 Å². The Hall–Kier alpha value is -0.413. The molecule has 0 spiro atoms. The van der Waals surface area contributed by atoms with E-state index in [0.717, 1.165) is 30.6 Å². The highest BCUT2D eigenvalue weighted by Gasteiger charge is 2.68. The van der Waals surface area contributed by atoms with Gasteiger partial charge in [-0.2, -0.15) is 0 Å². The van der Waals surface area contributed by atoms with Gasteiger partial charge in [-0.05, 0) is 128 Å². The van der Waals surface area contributed by atoms with Crippen molar-refractivity contribution >= 4 is 14.6 Å². The minimum Gasteiger partial charge on any atom is -0.413 e. The summed E-state index contributed by atoms with van der Waals surface area (Å²) in [6, 6.07) is 3.76. The van der Waals surface area contributed by atoms with E-state index in [1.165, 1.54) is 75.8 Å². The molecule has 0 saturated heterocycles. The molecule has 5 aliphatic carbocycles. The number of allylic oxidation sites excluding steroid dienone is 2. The molecule has 0 N–H and O–H groups in total. The maximum Gasteiger partial charge on any atom is 0.192 e. The maximum atomic E-state index is 12.6. The Bertz CT molecular complexity index is 941. The molecule has 3 heteroatoms. The summed E-state index contributed by atoms with van der Waals surface area (Å²) in [6.45, 7) is 22.8. The maximum absolute atomic E-state index is 12.6. The van der Waals surface area contributed by atoms with Crippen molar-refractivity contribution in [3.63, 3.8) is 0 Å². The lowest BCUT2D eigenvalue weighted by Gasteiger charge is -2.71. The summed E-state index contributed by atoms with van der Waals surface area (Å²) in [5, 5.41) is 0. The van der Waals surface area contributed by atoms with Crippen molar-refractivity contribution in [1.82, 2.24) is 0 Å². The molecule has 216 valence electrons. The van der Waals surface area contributed by atoms with Gasteiger partial charge in [0.1, 0.15) is 6.29 Å². The fraction of sp³-hybridized carbons (Fsp3) is 0.914. The molecular weight excluding hydrogens is 480 g/mol. The molecule has 0 aromatic rings. The van der Waals surface area contributed by atoms with Crippen molar-refractivity contribution in [1.29, 1.82) is 0 Å². The lowest BCUT2D eigenvalue weighted by Crippen LogP contribution is -2.65. The average Bonchev–Trinajstić information content (AvgIpc) is 2.89. The zero-order valence-electron chi connectivity index (χ0n) is 26.6.